The fourth-order valence-corrected chi connectivity index (χ4v) is 8.88. The number of benzene rings is 10. The smallest absolute Gasteiger partial charge is 0.395 e. The van der Waals surface area contributed by atoms with E-state index in [0.29, 0.717) is 23.0 Å². The van der Waals surface area contributed by atoms with E-state index >= 15 is 0 Å². The Balaban J connectivity index is 1.16. The van der Waals surface area contributed by atoms with Crippen LogP contribution in [0, 0.1) is 0 Å². The number of hydrogen-bond acceptors (Lipinski definition) is 6. The van der Waals surface area contributed by atoms with Gasteiger partial charge in [0.1, 0.15) is 23.0 Å². The molecule has 6 heteroatoms. The van der Waals surface area contributed by atoms with E-state index in [1.165, 1.54) is 0 Å². The fourth-order valence-electron chi connectivity index (χ4n) is 8.88. The van der Waals surface area contributed by atoms with E-state index in [1.807, 2.05) is 109 Å². The summed E-state index contributed by atoms with van der Waals surface area (Å²) < 4.78 is 24.2. The number of fused-ring (bicyclic) bond motifs is 6. The van der Waals surface area contributed by atoms with Crippen LogP contribution in [0.25, 0.3) is 75.8 Å². The highest BCUT2D eigenvalue weighted by atomic mass is 16.7. The largest absolute Gasteiger partial charge is 0.519 e. The van der Waals surface area contributed by atoms with E-state index in [4.69, 9.17) is 18.9 Å². The van der Waals surface area contributed by atoms with Crippen molar-refractivity contribution < 1.29 is 28.5 Å². The number of carbonyl (C=O) groups excluding carboxylic acids is 2. The van der Waals surface area contributed by atoms with Crippen LogP contribution in [0.1, 0.15) is 37.8 Å². The fraction of sp³-hybridized carbons (Fsp3) is 0.107. The minimum atomic E-state index is -0.825. The van der Waals surface area contributed by atoms with E-state index < -0.39 is 12.3 Å². The van der Waals surface area contributed by atoms with E-state index in [0.717, 1.165) is 113 Å². The maximum absolute atomic E-state index is 13.8. The van der Waals surface area contributed by atoms with Crippen molar-refractivity contribution in [1.29, 1.82) is 0 Å². The molecule has 0 radical (unpaired) electrons. The third kappa shape index (κ3) is 7.20. The summed E-state index contributed by atoms with van der Waals surface area (Å²) in [6, 6.07) is 55.8. The van der Waals surface area contributed by atoms with Crippen LogP contribution < -0.4 is 18.9 Å². The zero-order valence-electron chi connectivity index (χ0n) is 34.4. The molecule has 0 bridgehead atoms. The van der Waals surface area contributed by atoms with Gasteiger partial charge >= 0.3 is 12.3 Å². The molecule has 0 heterocycles. The second-order valence-electron chi connectivity index (χ2n) is 15.7. The maximum atomic E-state index is 13.8. The molecular formula is C56H42O6. The average Bonchev–Trinajstić information content (AvgIpc) is 3.29. The quantitative estimate of drug-likeness (QED) is 0.0821. The summed E-state index contributed by atoms with van der Waals surface area (Å²) in [4.78, 5) is 27.6. The van der Waals surface area contributed by atoms with Crippen molar-refractivity contribution >= 4 is 76.9 Å². The predicted octanol–water partition coefficient (Wildman–Crippen LogP) is 15.3. The summed E-state index contributed by atoms with van der Waals surface area (Å²) in [6.07, 6.45) is 2.02. The molecule has 0 aliphatic heterocycles. The van der Waals surface area contributed by atoms with Crippen molar-refractivity contribution in [2.24, 2.45) is 0 Å². The summed E-state index contributed by atoms with van der Waals surface area (Å²) >= 11 is 0. The minimum Gasteiger partial charge on any atom is -0.395 e. The molecule has 0 fully saturated rings. The van der Waals surface area contributed by atoms with Gasteiger partial charge in [0.05, 0.1) is 0 Å². The number of hydrogen-bond donors (Lipinski definition) is 0. The molecule has 0 spiro atoms. The van der Waals surface area contributed by atoms with Gasteiger partial charge in [-0.15, -0.1) is 0 Å². The first-order valence-electron chi connectivity index (χ1n) is 21.2. The second kappa shape index (κ2) is 16.4. The Morgan fingerprint density at radius 2 is 0.726 bits per heavy atom. The number of ether oxygens (including phenoxy) is 4. The Morgan fingerprint density at radius 3 is 1.15 bits per heavy atom. The highest BCUT2D eigenvalue weighted by molar-refractivity contribution is 6.27. The van der Waals surface area contributed by atoms with Crippen LogP contribution in [-0.4, -0.2) is 12.3 Å². The number of rotatable bonds is 9. The van der Waals surface area contributed by atoms with Crippen LogP contribution in [0.5, 0.6) is 23.0 Å². The van der Waals surface area contributed by atoms with Crippen molar-refractivity contribution in [3.63, 3.8) is 0 Å². The molecular weight excluding hydrogens is 769 g/mol. The summed E-state index contributed by atoms with van der Waals surface area (Å²) in [7, 11) is 0. The summed E-state index contributed by atoms with van der Waals surface area (Å²) in [5.74, 6) is 1.64. The molecule has 10 aromatic carbocycles. The van der Waals surface area contributed by atoms with Crippen molar-refractivity contribution in [2.45, 2.75) is 39.5 Å². The van der Waals surface area contributed by atoms with Crippen LogP contribution in [0.4, 0.5) is 9.59 Å². The molecule has 10 rings (SSSR count). The van der Waals surface area contributed by atoms with Crippen LogP contribution in [0.2, 0.25) is 0 Å². The first kappa shape index (κ1) is 38.5. The lowest BCUT2D eigenvalue weighted by Crippen LogP contribution is -2.14. The van der Waals surface area contributed by atoms with Crippen LogP contribution >= 0.6 is 0 Å². The third-order valence-corrected chi connectivity index (χ3v) is 11.6. The van der Waals surface area contributed by atoms with Gasteiger partial charge in [-0.25, -0.2) is 9.59 Å². The Labute approximate surface area is 358 Å². The van der Waals surface area contributed by atoms with Gasteiger partial charge in [-0.1, -0.05) is 172 Å². The van der Waals surface area contributed by atoms with Gasteiger partial charge in [0.2, 0.25) is 0 Å². The normalized spacial score (nSPS) is 11.5. The summed E-state index contributed by atoms with van der Waals surface area (Å²) in [5.41, 5.74) is 4.31. The molecule has 0 aromatic heterocycles. The zero-order valence-corrected chi connectivity index (χ0v) is 34.4. The molecule has 0 atom stereocenters. The van der Waals surface area contributed by atoms with Crippen molar-refractivity contribution in [3.8, 4) is 34.1 Å². The Kier molecular flexibility index (Phi) is 10.2. The molecule has 0 aliphatic carbocycles. The van der Waals surface area contributed by atoms with Crippen molar-refractivity contribution in [3.05, 3.63) is 181 Å². The number of carbonyl (C=O) groups is 2. The van der Waals surface area contributed by atoms with E-state index in [2.05, 4.69) is 62.4 Å². The lowest BCUT2D eigenvalue weighted by molar-refractivity contribution is 0.152. The Morgan fingerprint density at radius 1 is 0.355 bits per heavy atom. The van der Waals surface area contributed by atoms with Gasteiger partial charge < -0.3 is 18.9 Å². The van der Waals surface area contributed by atoms with Gasteiger partial charge in [-0.3, -0.25) is 0 Å². The van der Waals surface area contributed by atoms with Crippen LogP contribution in [0.3, 0.4) is 0 Å². The molecule has 0 N–H and O–H groups in total. The maximum Gasteiger partial charge on any atom is 0.519 e. The molecule has 302 valence electrons. The van der Waals surface area contributed by atoms with Crippen molar-refractivity contribution in [2.75, 3.05) is 0 Å². The molecule has 0 amide bonds. The standard InChI is InChI=1S/C56H42O6/c1-3-13-35-23-29-47-49(31-35)51(43-19-9-11-21-45(43)53(47)61-55(57)59-41-27-25-37-15-5-7-17-39(37)33-41)52-44-20-10-12-22-46(44)54(48-30-24-36(14-4-2)32-50(48)52)62-56(58)60-42-28-26-38-16-6-8-18-40(38)34-42/h5-12,15-34H,3-4,13-14H2,1-2H3. The van der Waals surface area contributed by atoms with Crippen LogP contribution in [-0.2, 0) is 12.8 Å². The predicted molar refractivity (Wildman–Crippen MR) is 251 cm³/mol. The second-order valence-corrected chi connectivity index (χ2v) is 15.7. The zero-order chi connectivity index (χ0) is 42.2. The van der Waals surface area contributed by atoms with E-state index in [1.54, 1.807) is 12.1 Å². The molecule has 0 saturated heterocycles. The highest BCUT2D eigenvalue weighted by Gasteiger charge is 2.25. The molecule has 6 nitrogen and oxygen atoms in total. The SMILES string of the molecule is CCCc1ccc2c(OC(=O)Oc3ccc4ccccc4c3)c3ccccc3c(-c3c4ccccc4c(OC(=O)Oc4ccc5ccccc5c4)c4ccc(CCC)cc34)c2c1. The summed E-state index contributed by atoms with van der Waals surface area (Å²) in [5, 5.41) is 10.7. The van der Waals surface area contributed by atoms with Gasteiger partial charge in [-0.05, 0) is 102 Å². The minimum absolute atomic E-state index is 0.397. The Hall–Kier alpha value is -7.70. The first-order chi connectivity index (χ1) is 30.4. The topological polar surface area (TPSA) is 71.1 Å². The van der Waals surface area contributed by atoms with Crippen LogP contribution in [0.15, 0.2) is 170 Å². The van der Waals surface area contributed by atoms with Gasteiger partial charge in [-0.2, -0.15) is 0 Å². The molecule has 0 aliphatic rings. The summed E-state index contributed by atoms with van der Waals surface area (Å²) in [6.45, 7) is 4.34. The van der Waals surface area contributed by atoms with E-state index in [-0.39, 0.29) is 0 Å². The third-order valence-electron chi connectivity index (χ3n) is 11.6. The van der Waals surface area contributed by atoms with Crippen molar-refractivity contribution in [1.82, 2.24) is 0 Å². The average molecular weight is 811 g/mol. The van der Waals surface area contributed by atoms with Gasteiger partial charge in [0, 0.05) is 21.5 Å². The lowest BCUT2D eigenvalue weighted by atomic mass is 9.84. The molecule has 0 saturated carbocycles. The van der Waals surface area contributed by atoms with Gasteiger partial charge in [0.25, 0.3) is 0 Å². The molecule has 62 heavy (non-hydrogen) atoms. The number of aryl methyl sites for hydroxylation is 2. The van der Waals surface area contributed by atoms with E-state index in [9.17, 15) is 9.59 Å². The highest BCUT2D eigenvalue weighted by Crippen LogP contribution is 2.50. The monoisotopic (exact) mass is 810 g/mol. The Bertz CT molecular complexity index is 3160. The van der Waals surface area contributed by atoms with Gasteiger partial charge in [0.15, 0.2) is 0 Å². The lowest BCUT2D eigenvalue weighted by Gasteiger charge is -2.22. The molecule has 10 aromatic rings. The molecule has 0 unspecified atom stereocenters. The first-order valence-corrected chi connectivity index (χ1v) is 21.2.